The molecule has 11 heteroatoms. The number of ether oxygens (including phenoxy) is 1. The summed E-state index contributed by atoms with van der Waals surface area (Å²) >= 11 is 0. The molecule has 0 bridgehead atoms. The van der Waals surface area contributed by atoms with Crippen molar-refractivity contribution in [3.63, 3.8) is 0 Å². The molecule has 2 amide bonds. The highest BCUT2D eigenvalue weighted by molar-refractivity contribution is 5.95. The van der Waals surface area contributed by atoms with E-state index >= 15 is 0 Å². The number of nitrogens with two attached hydrogens (primary N) is 1. The van der Waals surface area contributed by atoms with Crippen molar-refractivity contribution in [2.75, 3.05) is 32.0 Å². The topological polar surface area (TPSA) is 107 Å². The first-order chi connectivity index (χ1) is 17.5. The van der Waals surface area contributed by atoms with Gasteiger partial charge in [0, 0.05) is 42.3 Å². The Morgan fingerprint density at radius 2 is 1.76 bits per heavy atom. The summed E-state index contributed by atoms with van der Waals surface area (Å²) in [6.07, 6.45) is -3.26. The number of hydrogen-bond acceptors (Lipinski definition) is 5. The minimum atomic E-state index is -4.58. The van der Waals surface area contributed by atoms with Crippen molar-refractivity contribution in [3.8, 4) is 5.69 Å². The Kier molecular flexibility index (Phi) is 7.35. The zero-order valence-electron chi connectivity index (χ0n) is 19.9. The van der Waals surface area contributed by atoms with E-state index in [9.17, 15) is 27.6 Å². The maximum atomic E-state index is 13.2. The largest absolute Gasteiger partial charge is 0.416 e. The highest BCUT2D eigenvalue weighted by Crippen LogP contribution is 2.32. The number of benzene rings is 2. The Labute approximate surface area is 210 Å². The second kappa shape index (κ2) is 10.5. The molecule has 1 fully saturated rings. The molecule has 0 spiro atoms. The van der Waals surface area contributed by atoms with Gasteiger partial charge in [0.25, 0.3) is 17.4 Å². The Bertz CT molecular complexity index is 1380. The van der Waals surface area contributed by atoms with E-state index in [4.69, 9.17) is 10.5 Å². The van der Waals surface area contributed by atoms with Gasteiger partial charge in [0.2, 0.25) is 0 Å². The molecule has 0 saturated carbocycles. The van der Waals surface area contributed by atoms with Crippen molar-refractivity contribution in [1.82, 2.24) is 14.8 Å². The predicted octanol–water partition coefficient (Wildman–Crippen LogP) is 3.40. The van der Waals surface area contributed by atoms with Gasteiger partial charge in [-0.25, -0.2) is 0 Å². The predicted molar refractivity (Wildman–Crippen MR) is 130 cm³/mol. The fraction of sp³-hybridized carbons (Fsp3) is 0.269. The van der Waals surface area contributed by atoms with Crippen LogP contribution in [0.5, 0.6) is 0 Å². The summed E-state index contributed by atoms with van der Waals surface area (Å²) in [5, 5.41) is 2.64. The fourth-order valence-electron chi connectivity index (χ4n) is 4.01. The van der Waals surface area contributed by atoms with E-state index in [1.165, 1.54) is 35.9 Å². The molecule has 8 nitrogen and oxygen atoms in total. The van der Waals surface area contributed by atoms with E-state index in [-0.39, 0.29) is 22.7 Å². The molecule has 1 aliphatic heterocycles. The molecule has 2 aromatic carbocycles. The molecule has 1 aromatic heterocycles. The molecular weight excluding hydrogens is 489 g/mol. The number of nitrogen functional groups attached to an aromatic ring is 1. The standard InChI is InChI=1S/C26H25F3N4O4/c1-16(19-11-20(26(27,28)29)14-21(30)12-19)31-24(35)18-5-6-23(34)33(15-18)22-4-2-3-17(13-22)25(36)32-7-9-37-10-8-32/h2-6,11-16H,7-10,30H2,1H3,(H,31,35)/t16-/m1/s1. The highest BCUT2D eigenvalue weighted by Gasteiger charge is 2.31. The van der Waals surface area contributed by atoms with Crippen molar-refractivity contribution in [3.05, 3.63) is 93.4 Å². The Balaban J connectivity index is 1.56. The fourth-order valence-corrected chi connectivity index (χ4v) is 4.01. The van der Waals surface area contributed by atoms with Crippen LogP contribution in [0.25, 0.3) is 5.69 Å². The van der Waals surface area contributed by atoms with Gasteiger partial charge < -0.3 is 20.7 Å². The minimum absolute atomic E-state index is 0.0778. The number of pyridine rings is 1. The van der Waals surface area contributed by atoms with Crippen LogP contribution in [0.2, 0.25) is 0 Å². The summed E-state index contributed by atoms with van der Waals surface area (Å²) in [6.45, 7) is 3.37. The van der Waals surface area contributed by atoms with Crippen LogP contribution in [-0.2, 0) is 10.9 Å². The van der Waals surface area contributed by atoms with Crippen LogP contribution in [0.1, 0.15) is 44.8 Å². The minimum Gasteiger partial charge on any atom is -0.399 e. The summed E-state index contributed by atoms with van der Waals surface area (Å²) in [7, 11) is 0. The van der Waals surface area contributed by atoms with E-state index < -0.39 is 29.2 Å². The normalized spacial score (nSPS) is 14.8. The van der Waals surface area contributed by atoms with Crippen LogP contribution < -0.4 is 16.6 Å². The molecule has 1 saturated heterocycles. The molecule has 2 heterocycles. The highest BCUT2D eigenvalue weighted by atomic mass is 19.4. The Morgan fingerprint density at radius 3 is 2.46 bits per heavy atom. The molecular formula is C26H25F3N4O4. The maximum absolute atomic E-state index is 13.2. The van der Waals surface area contributed by atoms with Crippen LogP contribution >= 0.6 is 0 Å². The van der Waals surface area contributed by atoms with E-state index in [0.29, 0.717) is 37.6 Å². The zero-order valence-corrected chi connectivity index (χ0v) is 19.9. The van der Waals surface area contributed by atoms with Gasteiger partial charge in [0.05, 0.1) is 30.4 Å². The lowest BCUT2D eigenvalue weighted by Crippen LogP contribution is -2.40. The molecule has 4 rings (SSSR count). The molecule has 1 aliphatic rings. The van der Waals surface area contributed by atoms with Crippen molar-refractivity contribution in [1.29, 1.82) is 0 Å². The number of nitrogens with one attached hydrogen (secondary N) is 1. The lowest BCUT2D eigenvalue weighted by molar-refractivity contribution is -0.137. The van der Waals surface area contributed by atoms with Gasteiger partial charge in [0.1, 0.15) is 0 Å². The van der Waals surface area contributed by atoms with Gasteiger partial charge in [-0.15, -0.1) is 0 Å². The SMILES string of the molecule is C[C@@H](NC(=O)c1ccc(=O)n(-c2cccc(C(=O)N3CCOCC3)c2)c1)c1cc(N)cc(C(F)(F)F)c1. The number of nitrogens with zero attached hydrogens (tertiary/aromatic N) is 2. The van der Waals surface area contributed by atoms with Crippen LogP contribution in [0.15, 0.2) is 65.6 Å². The lowest BCUT2D eigenvalue weighted by atomic mass is 10.0. The van der Waals surface area contributed by atoms with Crippen LogP contribution in [0.4, 0.5) is 18.9 Å². The van der Waals surface area contributed by atoms with Gasteiger partial charge in [0.15, 0.2) is 0 Å². The second-order valence-corrected chi connectivity index (χ2v) is 8.66. The first kappa shape index (κ1) is 26.0. The summed E-state index contributed by atoms with van der Waals surface area (Å²) in [5.41, 5.74) is 5.28. The number of anilines is 1. The summed E-state index contributed by atoms with van der Waals surface area (Å²) in [4.78, 5) is 40.0. The van der Waals surface area contributed by atoms with E-state index in [1.807, 2.05) is 0 Å². The summed E-state index contributed by atoms with van der Waals surface area (Å²) in [5.74, 6) is -0.793. The van der Waals surface area contributed by atoms with Crippen LogP contribution in [0, 0.1) is 0 Å². The number of halogens is 3. The van der Waals surface area contributed by atoms with Crippen molar-refractivity contribution < 1.29 is 27.5 Å². The quantitative estimate of drug-likeness (QED) is 0.508. The van der Waals surface area contributed by atoms with Crippen molar-refractivity contribution >= 4 is 17.5 Å². The molecule has 3 N–H and O–H groups in total. The third-order valence-electron chi connectivity index (χ3n) is 6.00. The average molecular weight is 515 g/mol. The third kappa shape index (κ3) is 6.00. The molecule has 0 radical (unpaired) electrons. The number of carbonyl (C=O) groups excluding carboxylic acids is 2. The Hall–Kier alpha value is -4.12. The number of rotatable bonds is 5. The number of hydrogen-bond donors (Lipinski definition) is 2. The molecule has 0 aliphatic carbocycles. The van der Waals surface area contributed by atoms with Crippen molar-refractivity contribution in [2.45, 2.75) is 19.1 Å². The Morgan fingerprint density at radius 1 is 1.03 bits per heavy atom. The summed E-state index contributed by atoms with van der Waals surface area (Å²) in [6, 6.07) is 11.3. The van der Waals surface area contributed by atoms with Gasteiger partial charge in [-0.05, 0) is 55.0 Å². The third-order valence-corrected chi connectivity index (χ3v) is 6.00. The number of morpholine rings is 1. The molecule has 1 atom stereocenters. The van der Waals surface area contributed by atoms with Crippen LogP contribution in [0.3, 0.4) is 0 Å². The van der Waals surface area contributed by atoms with Crippen LogP contribution in [-0.4, -0.2) is 47.6 Å². The number of amides is 2. The number of carbonyl (C=O) groups is 2. The molecule has 3 aromatic rings. The summed E-state index contributed by atoms with van der Waals surface area (Å²) < 4.78 is 46.0. The number of aromatic nitrogens is 1. The lowest BCUT2D eigenvalue weighted by Gasteiger charge is -2.27. The second-order valence-electron chi connectivity index (χ2n) is 8.66. The smallest absolute Gasteiger partial charge is 0.399 e. The number of alkyl halides is 3. The zero-order chi connectivity index (χ0) is 26.7. The van der Waals surface area contributed by atoms with Crippen molar-refractivity contribution in [2.24, 2.45) is 0 Å². The molecule has 0 unspecified atom stereocenters. The first-order valence-electron chi connectivity index (χ1n) is 11.5. The van der Waals surface area contributed by atoms with E-state index in [2.05, 4.69) is 5.32 Å². The van der Waals surface area contributed by atoms with Gasteiger partial charge in [-0.1, -0.05) is 6.07 Å². The van der Waals surface area contributed by atoms with E-state index in [1.54, 1.807) is 29.2 Å². The molecule has 37 heavy (non-hydrogen) atoms. The monoisotopic (exact) mass is 514 g/mol. The van der Waals surface area contributed by atoms with E-state index in [0.717, 1.165) is 12.1 Å². The van der Waals surface area contributed by atoms with Gasteiger partial charge >= 0.3 is 6.18 Å². The molecule has 194 valence electrons. The average Bonchev–Trinajstić information content (AvgIpc) is 2.88. The van der Waals surface area contributed by atoms with Gasteiger partial charge in [-0.3, -0.25) is 19.0 Å². The maximum Gasteiger partial charge on any atom is 0.416 e. The van der Waals surface area contributed by atoms with Gasteiger partial charge in [-0.2, -0.15) is 13.2 Å². The first-order valence-corrected chi connectivity index (χ1v) is 11.5.